The van der Waals surface area contributed by atoms with Gasteiger partial charge in [0.2, 0.25) is 0 Å². The second-order valence-corrected chi connectivity index (χ2v) is 7.56. The maximum Gasteiger partial charge on any atom is 0.315 e. The number of rotatable bonds is 5. The van der Waals surface area contributed by atoms with E-state index in [1.54, 1.807) is 0 Å². The molecular formula is C19H21BrClN3O. The smallest absolute Gasteiger partial charge is 0.315 e. The molecule has 2 N–H and O–H groups in total. The molecule has 0 radical (unpaired) electrons. The van der Waals surface area contributed by atoms with Gasteiger partial charge in [0.15, 0.2) is 0 Å². The predicted octanol–water partition coefficient (Wildman–Crippen LogP) is 4.43. The Balaban J connectivity index is 1.42. The lowest BCUT2D eigenvalue weighted by molar-refractivity contribution is 0.239. The first-order valence-electron chi connectivity index (χ1n) is 8.37. The van der Waals surface area contributed by atoms with Crippen LogP contribution < -0.4 is 15.5 Å². The van der Waals surface area contributed by atoms with Crippen LogP contribution >= 0.6 is 27.5 Å². The molecule has 1 heterocycles. The number of carbonyl (C=O) groups excluding carboxylic acids is 1. The fourth-order valence-electron chi connectivity index (χ4n) is 3.02. The Kier molecular flexibility index (Phi) is 6.21. The normalized spacial score (nSPS) is 16.7. The maximum atomic E-state index is 12.0. The van der Waals surface area contributed by atoms with Crippen LogP contribution in [0.4, 0.5) is 10.5 Å². The molecule has 1 aliphatic heterocycles. The van der Waals surface area contributed by atoms with Gasteiger partial charge in [-0.1, -0.05) is 51.8 Å². The minimum absolute atomic E-state index is 0.152. The first kappa shape index (κ1) is 18.1. The topological polar surface area (TPSA) is 44.4 Å². The van der Waals surface area contributed by atoms with E-state index in [2.05, 4.69) is 43.6 Å². The van der Waals surface area contributed by atoms with Gasteiger partial charge in [-0.15, -0.1) is 0 Å². The highest BCUT2D eigenvalue weighted by atomic mass is 79.9. The summed E-state index contributed by atoms with van der Waals surface area (Å²) in [7, 11) is 0. The number of urea groups is 1. The highest BCUT2D eigenvalue weighted by Gasteiger charge is 2.23. The summed E-state index contributed by atoms with van der Waals surface area (Å²) < 4.78 is 1.09. The van der Waals surface area contributed by atoms with Crippen molar-refractivity contribution in [2.45, 2.75) is 13.0 Å². The van der Waals surface area contributed by atoms with E-state index < -0.39 is 0 Å². The summed E-state index contributed by atoms with van der Waals surface area (Å²) in [5.41, 5.74) is 2.14. The molecule has 1 atom stereocenters. The number of hydrogen-bond acceptors (Lipinski definition) is 2. The number of nitrogens with one attached hydrogen (secondary N) is 2. The van der Waals surface area contributed by atoms with Crippen LogP contribution in [0, 0.1) is 5.92 Å². The number of carbonyl (C=O) groups is 1. The Morgan fingerprint density at radius 3 is 2.84 bits per heavy atom. The fourth-order valence-corrected chi connectivity index (χ4v) is 3.61. The SMILES string of the molecule is O=C(NCc1ccccc1Cl)NCC1CCN(c2cccc(Br)c2)C1. The van der Waals surface area contributed by atoms with E-state index in [1.165, 1.54) is 5.69 Å². The van der Waals surface area contributed by atoms with Gasteiger partial charge in [0.05, 0.1) is 0 Å². The minimum atomic E-state index is -0.152. The van der Waals surface area contributed by atoms with E-state index in [-0.39, 0.29) is 6.03 Å². The van der Waals surface area contributed by atoms with Crippen LogP contribution in [-0.2, 0) is 6.54 Å². The van der Waals surface area contributed by atoms with Gasteiger partial charge >= 0.3 is 6.03 Å². The first-order valence-corrected chi connectivity index (χ1v) is 9.54. The zero-order chi connectivity index (χ0) is 17.6. The zero-order valence-electron chi connectivity index (χ0n) is 13.8. The van der Waals surface area contributed by atoms with E-state index in [0.717, 1.165) is 29.5 Å². The van der Waals surface area contributed by atoms with Crippen LogP contribution in [-0.4, -0.2) is 25.7 Å². The van der Waals surface area contributed by atoms with Crippen LogP contribution in [0.15, 0.2) is 53.0 Å². The van der Waals surface area contributed by atoms with Crippen molar-refractivity contribution in [2.24, 2.45) is 5.92 Å². The van der Waals surface area contributed by atoms with Crippen molar-refractivity contribution >= 4 is 39.2 Å². The van der Waals surface area contributed by atoms with Gasteiger partial charge in [-0.25, -0.2) is 4.79 Å². The van der Waals surface area contributed by atoms with Crippen molar-refractivity contribution < 1.29 is 4.79 Å². The third-order valence-corrected chi connectivity index (χ3v) is 5.27. The molecule has 0 spiro atoms. The lowest BCUT2D eigenvalue weighted by Gasteiger charge is -2.19. The van der Waals surface area contributed by atoms with Crippen molar-refractivity contribution in [3.63, 3.8) is 0 Å². The molecule has 0 saturated carbocycles. The predicted molar refractivity (Wildman–Crippen MR) is 106 cm³/mol. The average molecular weight is 423 g/mol. The van der Waals surface area contributed by atoms with Crippen LogP contribution in [0.5, 0.6) is 0 Å². The Morgan fingerprint density at radius 1 is 1.20 bits per heavy atom. The largest absolute Gasteiger partial charge is 0.371 e. The van der Waals surface area contributed by atoms with Crippen LogP contribution in [0.1, 0.15) is 12.0 Å². The van der Waals surface area contributed by atoms with E-state index >= 15 is 0 Å². The van der Waals surface area contributed by atoms with Gasteiger partial charge in [-0.2, -0.15) is 0 Å². The molecule has 0 aliphatic carbocycles. The Hall–Kier alpha value is -1.72. The molecule has 1 fully saturated rings. The number of nitrogens with zero attached hydrogens (tertiary/aromatic N) is 1. The molecule has 132 valence electrons. The molecule has 2 aromatic carbocycles. The second-order valence-electron chi connectivity index (χ2n) is 6.24. The van der Waals surface area contributed by atoms with Crippen molar-refractivity contribution in [3.05, 3.63) is 63.6 Å². The number of halogens is 2. The van der Waals surface area contributed by atoms with E-state index in [4.69, 9.17) is 11.6 Å². The highest BCUT2D eigenvalue weighted by molar-refractivity contribution is 9.10. The van der Waals surface area contributed by atoms with Gasteiger partial charge in [0.25, 0.3) is 0 Å². The third-order valence-electron chi connectivity index (χ3n) is 4.41. The lowest BCUT2D eigenvalue weighted by Crippen LogP contribution is -2.38. The van der Waals surface area contributed by atoms with Gasteiger partial charge in [-0.3, -0.25) is 0 Å². The molecule has 0 bridgehead atoms. The Morgan fingerprint density at radius 2 is 2.04 bits per heavy atom. The van der Waals surface area contributed by atoms with Crippen LogP contribution in [0.25, 0.3) is 0 Å². The van der Waals surface area contributed by atoms with Gasteiger partial charge in [0.1, 0.15) is 0 Å². The summed E-state index contributed by atoms with van der Waals surface area (Å²) >= 11 is 9.61. The zero-order valence-corrected chi connectivity index (χ0v) is 16.2. The molecule has 25 heavy (non-hydrogen) atoms. The maximum absolute atomic E-state index is 12.0. The summed E-state index contributed by atoms with van der Waals surface area (Å²) in [5.74, 6) is 0.463. The number of anilines is 1. The molecule has 4 nitrogen and oxygen atoms in total. The highest BCUT2D eigenvalue weighted by Crippen LogP contribution is 2.25. The van der Waals surface area contributed by atoms with Crippen molar-refractivity contribution in [3.8, 4) is 0 Å². The second kappa shape index (κ2) is 8.59. The molecule has 1 unspecified atom stereocenters. The summed E-state index contributed by atoms with van der Waals surface area (Å²) in [6, 6.07) is 15.7. The average Bonchev–Trinajstić information content (AvgIpc) is 3.08. The minimum Gasteiger partial charge on any atom is -0.371 e. The summed E-state index contributed by atoms with van der Waals surface area (Å²) in [5, 5.41) is 6.50. The quantitative estimate of drug-likeness (QED) is 0.749. The fraction of sp³-hybridized carbons (Fsp3) is 0.316. The Labute approximate surface area is 161 Å². The summed E-state index contributed by atoms with van der Waals surface area (Å²) in [4.78, 5) is 14.4. The van der Waals surface area contributed by atoms with E-state index in [9.17, 15) is 4.79 Å². The van der Waals surface area contributed by atoms with E-state index in [0.29, 0.717) is 24.0 Å². The number of benzene rings is 2. The van der Waals surface area contributed by atoms with Crippen LogP contribution in [0.2, 0.25) is 5.02 Å². The van der Waals surface area contributed by atoms with Gasteiger partial charge < -0.3 is 15.5 Å². The summed E-state index contributed by atoms with van der Waals surface area (Å²) in [6.07, 6.45) is 1.08. The van der Waals surface area contributed by atoms with Gasteiger partial charge in [0, 0.05) is 41.4 Å². The molecule has 1 saturated heterocycles. The molecule has 2 aromatic rings. The van der Waals surface area contributed by atoms with Crippen molar-refractivity contribution in [1.82, 2.24) is 10.6 Å². The van der Waals surface area contributed by atoms with Crippen molar-refractivity contribution in [1.29, 1.82) is 0 Å². The first-order chi connectivity index (χ1) is 12.1. The monoisotopic (exact) mass is 421 g/mol. The molecular weight excluding hydrogens is 402 g/mol. The van der Waals surface area contributed by atoms with Crippen molar-refractivity contribution in [2.75, 3.05) is 24.5 Å². The number of hydrogen-bond donors (Lipinski definition) is 2. The molecule has 1 aliphatic rings. The molecule has 2 amide bonds. The number of amides is 2. The third kappa shape index (κ3) is 5.13. The lowest BCUT2D eigenvalue weighted by atomic mass is 10.1. The Bertz CT molecular complexity index is 740. The van der Waals surface area contributed by atoms with Gasteiger partial charge in [-0.05, 0) is 42.2 Å². The van der Waals surface area contributed by atoms with E-state index in [1.807, 2.05) is 36.4 Å². The van der Waals surface area contributed by atoms with Crippen LogP contribution in [0.3, 0.4) is 0 Å². The molecule has 3 rings (SSSR count). The molecule has 6 heteroatoms. The summed E-state index contributed by atoms with van der Waals surface area (Å²) in [6.45, 7) is 3.09. The standard InChI is InChI=1S/C19H21BrClN3O/c20-16-5-3-6-17(10-16)24-9-8-14(13-24)11-22-19(25)23-12-15-4-1-2-7-18(15)21/h1-7,10,14H,8-9,11-13H2,(H2,22,23,25). The molecule has 0 aromatic heterocycles.